The zero-order valence-corrected chi connectivity index (χ0v) is 12.5. The largest absolute Gasteiger partial charge is 0.439 e. The molecule has 2 nitrogen and oxygen atoms in total. The van der Waals surface area contributed by atoms with Gasteiger partial charge in [-0.15, -0.1) is 0 Å². The van der Waals surface area contributed by atoms with Crippen molar-refractivity contribution in [3.63, 3.8) is 0 Å². The third-order valence-corrected chi connectivity index (χ3v) is 4.39. The molecule has 0 N–H and O–H groups in total. The highest BCUT2D eigenvalue weighted by Crippen LogP contribution is 2.28. The van der Waals surface area contributed by atoms with Crippen LogP contribution in [0, 0.1) is 6.92 Å². The maximum atomic E-state index is 5.85. The van der Waals surface area contributed by atoms with Gasteiger partial charge in [-0.1, -0.05) is 6.07 Å². The molecule has 19 heavy (non-hydrogen) atoms. The highest BCUT2D eigenvalue weighted by Gasteiger charge is 2.10. The average Bonchev–Trinajstić information content (AvgIpc) is 2.43. The van der Waals surface area contributed by atoms with E-state index in [0.717, 1.165) is 15.8 Å². The Kier molecular flexibility index (Phi) is 3.56. The van der Waals surface area contributed by atoms with Crippen molar-refractivity contribution in [2.45, 2.75) is 32.6 Å². The lowest BCUT2D eigenvalue weighted by Gasteiger charge is -2.16. The van der Waals surface area contributed by atoms with E-state index in [9.17, 15) is 0 Å². The van der Waals surface area contributed by atoms with E-state index in [4.69, 9.17) is 4.74 Å². The van der Waals surface area contributed by atoms with Gasteiger partial charge in [0.05, 0.1) is 0 Å². The molecule has 98 valence electrons. The third-order valence-electron chi connectivity index (χ3n) is 3.56. The summed E-state index contributed by atoms with van der Waals surface area (Å²) in [6.07, 6.45) is 6.74. The Morgan fingerprint density at radius 1 is 1.11 bits per heavy atom. The first-order valence-corrected chi connectivity index (χ1v) is 7.43. The first-order chi connectivity index (χ1) is 9.22. The van der Waals surface area contributed by atoms with E-state index in [2.05, 4.69) is 33.0 Å². The molecular formula is C16H16BrNO. The van der Waals surface area contributed by atoms with Gasteiger partial charge in [0.15, 0.2) is 0 Å². The zero-order valence-electron chi connectivity index (χ0n) is 10.9. The summed E-state index contributed by atoms with van der Waals surface area (Å²) < 4.78 is 6.85. The number of aryl methyl sites for hydroxylation is 3. The lowest BCUT2D eigenvalue weighted by molar-refractivity contribution is 0.460. The van der Waals surface area contributed by atoms with Crippen molar-refractivity contribution in [3.8, 4) is 11.6 Å². The predicted octanol–water partition coefficient (Wildman–Crippen LogP) is 4.82. The van der Waals surface area contributed by atoms with Gasteiger partial charge in [-0.05, 0) is 77.4 Å². The van der Waals surface area contributed by atoms with Crippen molar-refractivity contribution in [1.29, 1.82) is 0 Å². The topological polar surface area (TPSA) is 22.1 Å². The van der Waals surface area contributed by atoms with Crippen LogP contribution in [-0.2, 0) is 12.8 Å². The third kappa shape index (κ3) is 2.81. The molecule has 1 heterocycles. The van der Waals surface area contributed by atoms with Crippen LogP contribution in [0.3, 0.4) is 0 Å². The summed E-state index contributed by atoms with van der Waals surface area (Å²) in [5.41, 5.74) is 4.03. The Hall–Kier alpha value is -1.35. The molecule has 1 aromatic carbocycles. The molecule has 0 unspecified atom stereocenters. The van der Waals surface area contributed by atoms with E-state index >= 15 is 0 Å². The van der Waals surface area contributed by atoms with Crippen molar-refractivity contribution >= 4 is 15.9 Å². The number of hydrogen-bond acceptors (Lipinski definition) is 2. The molecule has 0 aliphatic heterocycles. The Labute approximate surface area is 122 Å². The Balaban J connectivity index is 1.84. The summed E-state index contributed by atoms with van der Waals surface area (Å²) in [6, 6.07) is 8.34. The second kappa shape index (κ2) is 5.33. The maximum absolute atomic E-state index is 5.85. The Bertz CT molecular complexity index is 610. The van der Waals surface area contributed by atoms with Gasteiger partial charge in [0, 0.05) is 16.7 Å². The summed E-state index contributed by atoms with van der Waals surface area (Å²) in [4.78, 5) is 4.28. The van der Waals surface area contributed by atoms with Crippen LogP contribution in [0.15, 0.2) is 34.9 Å². The van der Waals surface area contributed by atoms with E-state index in [1.54, 1.807) is 6.20 Å². The van der Waals surface area contributed by atoms with Crippen molar-refractivity contribution in [2.75, 3.05) is 0 Å². The number of fused-ring (bicyclic) bond motifs is 1. The van der Waals surface area contributed by atoms with Gasteiger partial charge in [0.1, 0.15) is 5.75 Å². The minimum atomic E-state index is 0.649. The molecule has 2 aromatic rings. The van der Waals surface area contributed by atoms with Crippen LogP contribution in [0.1, 0.15) is 29.5 Å². The molecule has 0 radical (unpaired) electrons. The van der Waals surface area contributed by atoms with Gasteiger partial charge in [-0.25, -0.2) is 4.98 Å². The molecule has 1 aromatic heterocycles. The van der Waals surface area contributed by atoms with Crippen LogP contribution in [-0.4, -0.2) is 4.98 Å². The van der Waals surface area contributed by atoms with E-state index in [1.807, 2.05) is 19.1 Å². The lowest BCUT2D eigenvalue weighted by Crippen LogP contribution is -2.02. The smallest absolute Gasteiger partial charge is 0.219 e. The predicted molar refractivity (Wildman–Crippen MR) is 79.8 cm³/mol. The molecule has 0 fully saturated rings. The van der Waals surface area contributed by atoms with Gasteiger partial charge < -0.3 is 4.74 Å². The fraction of sp³-hybridized carbons (Fsp3) is 0.312. The molecule has 0 bridgehead atoms. The molecule has 3 heteroatoms. The van der Waals surface area contributed by atoms with E-state index in [-0.39, 0.29) is 0 Å². The molecule has 0 saturated heterocycles. The summed E-state index contributed by atoms with van der Waals surface area (Å²) in [7, 11) is 0. The van der Waals surface area contributed by atoms with Crippen LogP contribution in [0.25, 0.3) is 0 Å². The quantitative estimate of drug-likeness (QED) is 0.792. The summed E-state index contributed by atoms with van der Waals surface area (Å²) >= 11 is 3.45. The van der Waals surface area contributed by atoms with Gasteiger partial charge in [-0.3, -0.25) is 0 Å². The van der Waals surface area contributed by atoms with E-state index < -0.39 is 0 Å². The first-order valence-electron chi connectivity index (χ1n) is 6.64. The van der Waals surface area contributed by atoms with Gasteiger partial charge in [0.2, 0.25) is 5.88 Å². The number of pyridine rings is 1. The van der Waals surface area contributed by atoms with Gasteiger partial charge in [0.25, 0.3) is 0 Å². The van der Waals surface area contributed by atoms with Crippen LogP contribution >= 0.6 is 15.9 Å². The monoisotopic (exact) mass is 317 g/mol. The summed E-state index contributed by atoms with van der Waals surface area (Å²) in [6.45, 7) is 2.03. The second-order valence-corrected chi connectivity index (χ2v) is 5.87. The van der Waals surface area contributed by atoms with Gasteiger partial charge in [-0.2, -0.15) is 0 Å². The first kappa shape index (κ1) is 12.7. The lowest BCUT2D eigenvalue weighted by atomic mass is 9.92. The van der Waals surface area contributed by atoms with Crippen LogP contribution in [0.4, 0.5) is 0 Å². The van der Waals surface area contributed by atoms with Crippen LogP contribution in [0.2, 0.25) is 0 Å². The molecule has 0 saturated carbocycles. The fourth-order valence-corrected chi connectivity index (χ4v) is 2.68. The number of halogens is 1. The van der Waals surface area contributed by atoms with Crippen molar-refractivity contribution in [3.05, 3.63) is 51.6 Å². The second-order valence-electron chi connectivity index (χ2n) is 5.01. The summed E-state index contributed by atoms with van der Waals surface area (Å²) in [5.74, 6) is 1.53. The molecule has 0 spiro atoms. The highest BCUT2D eigenvalue weighted by atomic mass is 79.9. The maximum Gasteiger partial charge on any atom is 0.219 e. The van der Waals surface area contributed by atoms with Gasteiger partial charge >= 0.3 is 0 Å². The number of ether oxygens (including phenoxy) is 1. The van der Waals surface area contributed by atoms with Crippen LogP contribution < -0.4 is 4.74 Å². The highest BCUT2D eigenvalue weighted by molar-refractivity contribution is 9.10. The fourth-order valence-electron chi connectivity index (χ4n) is 2.46. The van der Waals surface area contributed by atoms with Crippen molar-refractivity contribution < 1.29 is 4.74 Å². The molecule has 0 amide bonds. The van der Waals surface area contributed by atoms with E-state index in [1.165, 1.54) is 36.8 Å². The van der Waals surface area contributed by atoms with E-state index in [0.29, 0.717) is 5.88 Å². The molecule has 1 aliphatic carbocycles. The number of aromatic nitrogens is 1. The average molecular weight is 318 g/mol. The minimum absolute atomic E-state index is 0.649. The molecule has 0 atom stereocenters. The standard InChI is InChI=1S/C16H16BrNO/c1-11-8-16(18-10-15(11)17)19-14-7-6-12-4-2-3-5-13(12)9-14/h6-10H,2-5H2,1H3. The normalized spacial score (nSPS) is 14.0. The molecule has 1 aliphatic rings. The van der Waals surface area contributed by atoms with Crippen LogP contribution in [0.5, 0.6) is 11.6 Å². The number of hydrogen-bond donors (Lipinski definition) is 0. The zero-order chi connectivity index (χ0) is 13.2. The Morgan fingerprint density at radius 3 is 2.68 bits per heavy atom. The molecular weight excluding hydrogens is 302 g/mol. The van der Waals surface area contributed by atoms with Crippen molar-refractivity contribution in [1.82, 2.24) is 4.98 Å². The number of benzene rings is 1. The summed E-state index contributed by atoms with van der Waals surface area (Å²) in [5, 5.41) is 0. The number of rotatable bonds is 2. The Morgan fingerprint density at radius 2 is 1.89 bits per heavy atom. The minimum Gasteiger partial charge on any atom is -0.439 e. The van der Waals surface area contributed by atoms with Crippen molar-refractivity contribution in [2.24, 2.45) is 0 Å². The molecule has 3 rings (SSSR count). The number of nitrogens with zero attached hydrogens (tertiary/aromatic N) is 1. The SMILES string of the molecule is Cc1cc(Oc2ccc3c(c2)CCCC3)ncc1Br.